The van der Waals surface area contributed by atoms with E-state index < -0.39 is 0 Å². The lowest BCUT2D eigenvalue weighted by atomic mass is 9.86. The second-order valence-electron chi connectivity index (χ2n) is 7.49. The van der Waals surface area contributed by atoms with Crippen molar-refractivity contribution in [3.63, 3.8) is 0 Å². The van der Waals surface area contributed by atoms with Crippen LogP contribution in [0.2, 0.25) is 0 Å². The van der Waals surface area contributed by atoms with E-state index in [-0.39, 0.29) is 17.5 Å². The highest BCUT2D eigenvalue weighted by molar-refractivity contribution is 5.79. The Morgan fingerprint density at radius 1 is 1.14 bits per heavy atom. The van der Waals surface area contributed by atoms with Crippen LogP contribution in [-0.2, 0) is 4.79 Å². The van der Waals surface area contributed by atoms with E-state index in [0.717, 1.165) is 25.9 Å². The summed E-state index contributed by atoms with van der Waals surface area (Å²) in [5.41, 5.74) is 1.24. The van der Waals surface area contributed by atoms with Gasteiger partial charge in [-0.1, -0.05) is 49.6 Å². The summed E-state index contributed by atoms with van der Waals surface area (Å²) >= 11 is 0. The van der Waals surface area contributed by atoms with E-state index in [4.69, 9.17) is 0 Å². The van der Waals surface area contributed by atoms with Crippen molar-refractivity contribution in [2.45, 2.75) is 57.5 Å². The van der Waals surface area contributed by atoms with E-state index in [1.807, 2.05) is 6.07 Å². The average Bonchev–Trinajstić information content (AvgIpc) is 2.55. The molecule has 1 aliphatic carbocycles. The highest BCUT2D eigenvalue weighted by atomic mass is 16.2. The quantitative estimate of drug-likeness (QED) is 0.906. The maximum absolute atomic E-state index is 13.1. The normalized spacial score (nSPS) is 25.9. The number of hydrogen-bond acceptors (Lipinski definition) is 2. The van der Waals surface area contributed by atoms with E-state index in [1.54, 1.807) is 0 Å². The van der Waals surface area contributed by atoms with Crippen molar-refractivity contribution < 1.29 is 4.79 Å². The summed E-state index contributed by atoms with van der Waals surface area (Å²) in [5.74, 6) is 0.622. The molecule has 120 valence electrons. The van der Waals surface area contributed by atoms with Crippen LogP contribution < -0.4 is 5.32 Å². The van der Waals surface area contributed by atoms with Gasteiger partial charge >= 0.3 is 0 Å². The monoisotopic (exact) mass is 300 g/mol. The van der Waals surface area contributed by atoms with E-state index in [2.05, 4.69) is 48.3 Å². The summed E-state index contributed by atoms with van der Waals surface area (Å²) < 4.78 is 0. The number of benzene rings is 1. The Morgan fingerprint density at radius 2 is 1.82 bits per heavy atom. The van der Waals surface area contributed by atoms with Crippen molar-refractivity contribution in [1.29, 1.82) is 0 Å². The number of carbonyl (C=O) groups excluding carboxylic acids is 1. The van der Waals surface area contributed by atoms with Crippen LogP contribution in [0.5, 0.6) is 0 Å². The number of rotatable bonds is 2. The van der Waals surface area contributed by atoms with Crippen LogP contribution in [0, 0.1) is 5.92 Å². The molecule has 3 heteroatoms. The summed E-state index contributed by atoms with van der Waals surface area (Å²) in [5, 5.41) is 3.60. The van der Waals surface area contributed by atoms with Crippen molar-refractivity contribution in [2.24, 2.45) is 5.92 Å². The highest BCUT2D eigenvalue weighted by Crippen LogP contribution is 2.32. The predicted molar refractivity (Wildman–Crippen MR) is 89.6 cm³/mol. The van der Waals surface area contributed by atoms with Gasteiger partial charge in [-0.05, 0) is 32.3 Å². The highest BCUT2D eigenvalue weighted by Gasteiger charge is 2.38. The van der Waals surface area contributed by atoms with Gasteiger partial charge in [-0.15, -0.1) is 0 Å². The summed E-state index contributed by atoms with van der Waals surface area (Å²) in [4.78, 5) is 15.3. The predicted octanol–water partition coefficient (Wildman–Crippen LogP) is 3.52. The fraction of sp³-hybridized carbons (Fsp3) is 0.632. The molecule has 0 bridgehead atoms. The van der Waals surface area contributed by atoms with Gasteiger partial charge in [-0.3, -0.25) is 4.79 Å². The lowest BCUT2D eigenvalue weighted by Crippen LogP contribution is -2.60. The topological polar surface area (TPSA) is 32.3 Å². The molecule has 1 N–H and O–H groups in total. The molecule has 0 spiro atoms. The first-order chi connectivity index (χ1) is 10.6. The third kappa shape index (κ3) is 3.35. The second kappa shape index (κ2) is 6.41. The third-order valence-corrected chi connectivity index (χ3v) is 5.14. The average molecular weight is 300 g/mol. The Bertz CT molecular complexity index is 505. The third-order valence-electron chi connectivity index (χ3n) is 5.14. The van der Waals surface area contributed by atoms with Gasteiger partial charge in [-0.2, -0.15) is 0 Å². The number of carbonyl (C=O) groups is 1. The van der Waals surface area contributed by atoms with Crippen LogP contribution in [0.25, 0.3) is 0 Å². The zero-order valence-electron chi connectivity index (χ0n) is 13.8. The summed E-state index contributed by atoms with van der Waals surface area (Å²) in [6, 6.07) is 10.6. The fourth-order valence-corrected chi connectivity index (χ4v) is 3.86. The maximum atomic E-state index is 13.1. The van der Waals surface area contributed by atoms with Gasteiger partial charge in [0.15, 0.2) is 0 Å². The minimum Gasteiger partial charge on any atom is -0.332 e. The van der Waals surface area contributed by atoms with E-state index >= 15 is 0 Å². The Kier molecular flexibility index (Phi) is 4.53. The van der Waals surface area contributed by atoms with Gasteiger partial charge in [0.25, 0.3) is 0 Å². The molecule has 22 heavy (non-hydrogen) atoms. The van der Waals surface area contributed by atoms with Crippen molar-refractivity contribution in [1.82, 2.24) is 10.2 Å². The smallest absolute Gasteiger partial charge is 0.226 e. The molecule has 1 aromatic rings. The zero-order valence-corrected chi connectivity index (χ0v) is 13.8. The lowest BCUT2D eigenvalue weighted by molar-refractivity contribution is -0.142. The Labute approximate surface area is 134 Å². The maximum Gasteiger partial charge on any atom is 0.226 e. The van der Waals surface area contributed by atoms with Crippen LogP contribution >= 0.6 is 0 Å². The lowest BCUT2D eigenvalue weighted by Gasteiger charge is -2.46. The molecule has 1 saturated heterocycles. The summed E-state index contributed by atoms with van der Waals surface area (Å²) in [6.07, 6.45) is 5.86. The molecule has 3 nitrogen and oxygen atoms in total. The molecule has 2 fully saturated rings. The van der Waals surface area contributed by atoms with Gasteiger partial charge < -0.3 is 10.2 Å². The molecule has 1 aliphatic heterocycles. The summed E-state index contributed by atoms with van der Waals surface area (Å²) in [7, 11) is 0. The minimum atomic E-state index is -0.00436. The van der Waals surface area contributed by atoms with Crippen LogP contribution in [0.3, 0.4) is 0 Å². The molecule has 1 saturated carbocycles. The van der Waals surface area contributed by atoms with E-state index in [0.29, 0.717) is 5.91 Å². The molecule has 1 unspecified atom stereocenters. The molecule has 2 aliphatic rings. The number of nitrogens with one attached hydrogen (secondary N) is 1. The summed E-state index contributed by atoms with van der Waals surface area (Å²) in [6.45, 7) is 6.02. The molecule has 1 amide bonds. The first-order valence-electron chi connectivity index (χ1n) is 8.67. The van der Waals surface area contributed by atoms with Gasteiger partial charge in [0.2, 0.25) is 5.91 Å². The van der Waals surface area contributed by atoms with Gasteiger partial charge in [0.05, 0.1) is 6.04 Å². The van der Waals surface area contributed by atoms with Crippen LogP contribution in [0.4, 0.5) is 0 Å². The Hall–Kier alpha value is -1.35. The Balaban J connectivity index is 1.83. The Morgan fingerprint density at radius 3 is 2.50 bits per heavy atom. The number of piperazine rings is 1. The molecular formula is C19H28N2O. The standard InChI is InChI=1S/C19H28N2O/c1-19(2)14-21(18(22)16-11-7-4-8-12-16)17(13-20-19)15-9-5-3-6-10-15/h3,5-6,9-10,16-17,20H,4,7-8,11-14H2,1-2H3. The van der Waals surface area contributed by atoms with Crippen LogP contribution in [-0.4, -0.2) is 29.4 Å². The van der Waals surface area contributed by atoms with Crippen molar-refractivity contribution in [3.05, 3.63) is 35.9 Å². The van der Waals surface area contributed by atoms with Gasteiger partial charge in [0, 0.05) is 24.5 Å². The zero-order chi connectivity index (χ0) is 15.6. The molecular weight excluding hydrogens is 272 g/mol. The van der Waals surface area contributed by atoms with Crippen molar-refractivity contribution >= 4 is 5.91 Å². The van der Waals surface area contributed by atoms with Crippen molar-refractivity contribution in [3.8, 4) is 0 Å². The SMILES string of the molecule is CC1(C)CN(C(=O)C2CCCCC2)C(c2ccccc2)CN1. The van der Waals surface area contributed by atoms with Crippen molar-refractivity contribution in [2.75, 3.05) is 13.1 Å². The molecule has 1 aromatic carbocycles. The molecule has 0 radical (unpaired) electrons. The van der Waals surface area contributed by atoms with Gasteiger partial charge in [-0.25, -0.2) is 0 Å². The second-order valence-corrected chi connectivity index (χ2v) is 7.49. The first-order valence-corrected chi connectivity index (χ1v) is 8.67. The van der Waals surface area contributed by atoms with E-state index in [1.165, 1.54) is 24.8 Å². The van der Waals surface area contributed by atoms with Gasteiger partial charge in [0.1, 0.15) is 0 Å². The first kappa shape index (κ1) is 15.5. The van der Waals surface area contributed by atoms with Crippen LogP contribution in [0.1, 0.15) is 57.6 Å². The number of hydrogen-bond donors (Lipinski definition) is 1. The fourth-order valence-electron chi connectivity index (χ4n) is 3.86. The molecule has 1 atom stereocenters. The number of amides is 1. The van der Waals surface area contributed by atoms with E-state index in [9.17, 15) is 4.79 Å². The van der Waals surface area contributed by atoms with Crippen LogP contribution in [0.15, 0.2) is 30.3 Å². The molecule has 0 aromatic heterocycles. The minimum absolute atomic E-state index is 0.00436. The largest absolute Gasteiger partial charge is 0.332 e. The molecule has 3 rings (SSSR count). The molecule has 1 heterocycles. The number of nitrogens with zero attached hydrogens (tertiary/aromatic N) is 1.